The molecule has 0 radical (unpaired) electrons. The Morgan fingerprint density at radius 2 is 1.69 bits per heavy atom. The highest BCUT2D eigenvalue weighted by atomic mass is 35.5. The van der Waals surface area contributed by atoms with Gasteiger partial charge in [-0.3, -0.25) is 4.79 Å². The zero-order chi connectivity index (χ0) is 18.7. The molecule has 3 heteroatoms. The summed E-state index contributed by atoms with van der Waals surface area (Å²) < 4.78 is 0. The van der Waals surface area contributed by atoms with Crippen molar-refractivity contribution < 1.29 is 6.22 Å². The summed E-state index contributed by atoms with van der Waals surface area (Å²) in [4.78, 5) is 15.9. The molecule has 0 saturated heterocycles. The molecule has 1 aliphatic rings. The lowest BCUT2D eigenvalue weighted by Gasteiger charge is -2.23. The van der Waals surface area contributed by atoms with Crippen molar-refractivity contribution in [3.63, 3.8) is 0 Å². The fourth-order valence-electron chi connectivity index (χ4n) is 4.47. The van der Waals surface area contributed by atoms with Crippen LogP contribution in [0.4, 0.5) is 0 Å². The number of Topliss-reactive ketones (excluding diaryl/α,β-unsaturated/α-hetero) is 1. The van der Waals surface area contributed by atoms with Crippen LogP contribution in [0.2, 0.25) is 5.02 Å². The molecule has 0 amide bonds. The van der Waals surface area contributed by atoms with Gasteiger partial charge in [-0.15, -0.1) is 0 Å². The average molecular weight is 372 g/mol. The molecule has 0 aromatic heterocycles. The lowest BCUT2D eigenvalue weighted by molar-refractivity contribution is 0.0863. The summed E-state index contributed by atoms with van der Waals surface area (Å²) in [7, 11) is 0. The van der Waals surface area contributed by atoms with Gasteiger partial charge in [-0.1, -0.05) is 74.8 Å². The van der Waals surface area contributed by atoms with Gasteiger partial charge in [0.1, 0.15) is 0 Å². The number of hydrogen-bond acceptors (Lipinski definition) is 2. The first-order valence-electron chi connectivity index (χ1n) is 9.62. The number of carbonyl (C=O) groups excluding carboxylic acids is 1. The van der Waals surface area contributed by atoms with Crippen molar-refractivity contribution in [3.8, 4) is 0 Å². The van der Waals surface area contributed by atoms with Crippen LogP contribution in [0.25, 0.3) is 0 Å². The van der Waals surface area contributed by atoms with E-state index in [2.05, 4.69) is 37.8 Å². The zero-order valence-corrected chi connectivity index (χ0v) is 16.7. The Morgan fingerprint density at radius 3 is 2.27 bits per heavy atom. The molecule has 0 N–H and O–H groups in total. The van der Waals surface area contributed by atoms with Gasteiger partial charge >= 0.3 is 0 Å². The van der Waals surface area contributed by atoms with Crippen molar-refractivity contribution in [2.45, 2.75) is 33.1 Å². The van der Waals surface area contributed by atoms with Crippen LogP contribution in [0.3, 0.4) is 0 Å². The van der Waals surface area contributed by atoms with E-state index >= 15 is 0 Å². The fraction of sp³-hybridized carbons (Fsp3) is 0.435. The second-order valence-electron chi connectivity index (χ2n) is 7.33. The third kappa shape index (κ3) is 3.45. The summed E-state index contributed by atoms with van der Waals surface area (Å²) >= 11 is 6.07. The van der Waals surface area contributed by atoms with Gasteiger partial charge in [0.05, 0.1) is 0 Å². The number of benzene rings is 2. The second kappa shape index (κ2) is 7.94. The van der Waals surface area contributed by atoms with E-state index in [1.165, 1.54) is 5.56 Å². The Labute approximate surface area is 163 Å². The van der Waals surface area contributed by atoms with Gasteiger partial charge in [0.25, 0.3) is 0 Å². The quantitative estimate of drug-likeness (QED) is 0.537. The minimum absolute atomic E-state index is 0. The first-order chi connectivity index (χ1) is 12.5. The maximum atomic E-state index is 13.5. The highest BCUT2D eigenvalue weighted by molar-refractivity contribution is 6.30. The van der Waals surface area contributed by atoms with Crippen LogP contribution in [-0.2, 0) is 0 Å². The normalized spacial score (nSPS) is 24.7. The van der Waals surface area contributed by atoms with Crippen molar-refractivity contribution in [1.29, 1.82) is 0 Å². The molecule has 0 spiro atoms. The topological polar surface area (TPSA) is 20.3 Å². The van der Waals surface area contributed by atoms with E-state index in [-0.39, 0.29) is 18.5 Å². The van der Waals surface area contributed by atoms with Gasteiger partial charge in [0.2, 0.25) is 0 Å². The monoisotopic (exact) mass is 371 g/mol. The third-order valence-corrected chi connectivity index (χ3v) is 6.43. The molecule has 2 aromatic rings. The maximum Gasteiger partial charge on any atom is 0.169 e. The van der Waals surface area contributed by atoms with Gasteiger partial charge in [-0.05, 0) is 49.7 Å². The van der Waals surface area contributed by atoms with Crippen LogP contribution in [0.15, 0.2) is 54.6 Å². The van der Waals surface area contributed by atoms with E-state index in [0.29, 0.717) is 5.92 Å². The molecule has 1 unspecified atom stereocenters. The Bertz CT molecular complexity index is 745. The van der Waals surface area contributed by atoms with Crippen LogP contribution in [0, 0.1) is 11.3 Å². The Kier molecular flexibility index (Phi) is 5.84. The molecule has 1 fully saturated rings. The minimum Gasteiger partial charge on any atom is -0.304 e. The lowest BCUT2D eigenvalue weighted by atomic mass is 9.86. The molecule has 2 nitrogen and oxygen atoms in total. The molecule has 3 rings (SSSR count). The van der Waals surface area contributed by atoms with E-state index in [0.717, 1.165) is 36.6 Å². The number of nitrogens with zero attached hydrogens (tertiary/aromatic N) is 1. The fourth-order valence-corrected chi connectivity index (χ4v) is 4.60. The summed E-state index contributed by atoms with van der Waals surface area (Å²) in [5.41, 5.74) is 1.75. The van der Waals surface area contributed by atoms with E-state index in [4.69, 9.17) is 11.6 Å². The zero-order valence-electron chi connectivity index (χ0n) is 15.9. The first kappa shape index (κ1) is 19.1. The minimum atomic E-state index is -0.308. The molecule has 0 aliphatic heterocycles. The molecule has 1 aliphatic carbocycles. The average Bonchev–Trinajstić information content (AvgIpc) is 3.28. The summed E-state index contributed by atoms with van der Waals surface area (Å²) in [6.45, 7) is 9.59. The molecule has 0 heterocycles. The van der Waals surface area contributed by atoms with Crippen LogP contribution < -0.4 is 0 Å². The van der Waals surface area contributed by atoms with Gasteiger partial charge in [-0.25, -0.2) is 0 Å². The predicted molar refractivity (Wildman–Crippen MR) is 111 cm³/mol. The lowest BCUT2D eigenvalue weighted by Crippen LogP contribution is -2.30. The largest absolute Gasteiger partial charge is 0.304 e. The van der Waals surface area contributed by atoms with Crippen LogP contribution >= 0.6 is 11.6 Å². The SMILES string of the molecule is CCN(CC)CC[C@@]1(C(=O)c2ccccc2)C(C)[C@H]1c1ccc(Cl)cc1.[HH]. The molecule has 1 saturated carbocycles. The van der Waals surface area contributed by atoms with Crippen LogP contribution in [0.1, 0.15) is 50.5 Å². The number of rotatable bonds is 8. The summed E-state index contributed by atoms with van der Waals surface area (Å²) in [5.74, 6) is 0.896. The third-order valence-electron chi connectivity index (χ3n) is 6.18. The summed E-state index contributed by atoms with van der Waals surface area (Å²) in [5, 5.41) is 0.741. The number of halogens is 1. The molecule has 2 aromatic carbocycles. The first-order valence-corrected chi connectivity index (χ1v) is 10.00. The molecular formula is C23H30ClNO. The van der Waals surface area contributed by atoms with Gasteiger partial charge in [0, 0.05) is 23.3 Å². The number of carbonyl (C=O) groups is 1. The highest BCUT2D eigenvalue weighted by Crippen LogP contribution is 2.68. The van der Waals surface area contributed by atoms with E-state index in [1.807, 2.05) is 42.5 Å². The van der Waals surface area contributed by atoms with E-state index < -0.39 is 0 Å². The Hall–Kier alpha value is -1.64. The van der Waals surface area contributed by atoms with Gasteiger partial charge < -0.3 is 4.90 Å². The Balaban J connectivity index is 0.00000261. The standard InChI is InChI=1S/C23H28ClNO.H2/c1-4-25(5-2)16-15-23(22(26)19-9-7-6-8-10-19)17(3)21(23)18-11-13-20(24)14-12-18;/h6-14,17,21H,4-5,15-16H2,1-3H3;1H/t17?,21-,23+;/m0./s1. The van der Waals surface area contributed by atoms with Crippen LogP contribution in [0.5, 0.6) is 0 Å². The van der Waals surface area contributed by atoms with Gasteiger partial charge in [-0.2, -0.15) is 0 Å². The molecule has 3 atom stereocenters. The molecular weight excluding hydrogens is 342 g/mol. The van der Waals surface area contributed by atoms with Crippen molar-refractivity contribution in [1.82, 2.24) is 4.90 Å². The molecule has 26 heavy (non-hydrogen) atoms. The van der Waals surface area contributed by atoms with Crippen molar-refractivity contribution in [2.75, 3.05) is 19.6 Å². The predicted octanol–water partition coefficient (Wildman–Crippen LogP) is 5.92. The van der Waals surface area contributed by atoms with E-state index in [9.17, 15) is 4.79 Å². The molecule has 0 bridgehead atoms. The van der Waals surface area contributed by atoms with Crippen LogP contribution in [-0.4, -0.2) is 30.3 Å². The van der Waals surface area contributed by atoms with Crippen molar-refractivity contribution in [3.05, 3.63) is 70.7 Å². The summed E-state index contributed by atoms with van der Waals surface area (Å²) in [6, 6.07) is 17.8. The van der Waals surface area contributed by atoms with E-state index in [1.54, 1.807) is 0 Å². The van der Waals surface area contributed by atoms with Gasteiger partial charge in [0.15, 0.2) is 5.78 Å². The van der Waals surface area contributed by atoms with Crippen molar-refractivity contribution >= 4 is 17.4 Å². The van der Waals surface area contributed by atoms with Crippen molar-refractivity contribution in [2.24, 2.45) is 11.3 Å². The molecule has 140 valence electrons. The highest BCUT2D eigenvalue weighted by Gasteiger charge is 2.66. The number of hydrogen-bond donors (Lipinski definition) is 0. The smallest absolute Gasteiger partial charge is 0.169 e. The summed E-state index contributed by atoms with van der Waals surface area (Å²) in [6.07, 6.45) is 0.900. The number of ketones is 1. The second-order valence-corrected chi connectivity index (χ2v) is 7.77. The Morgan fingerprint density at radius 1 is 1.08 bits per heavy atom. The maximum absolute atomic E-state index is 13.5.